The molecule has 0 amide bonds. The van der Waals surface area contributed by atoms with Gasteiger partial charge >= 0.3 is 0 Å². The third kappa shape index (κ3) is 3.85. The Morgan fingerprint density at radius 2 is 1.94 bits per heavy atom. The zero-order chi connectivity index (χ0) is 24.6. The maximum atomic E-state index is 12.6. The maximum Gasteiger partial charge on any atom is 0.259 e. The van der Waals surface area contributed by atoms with Crippen molar-refractivity contribution in [2.24, 2.45) is 0 Å². The Bertz CT molecular complexity index is 1740. The topological polar surface area (TPSA) is 96.6 Å². The van der Waals surface area contributed by atoms with Gasteiger partial charge < -0.3 is 9.72 Å². The Labute approximate surface area is 206 Å². The normalized spacial score (nSPS) is 14.9. The molecule has 36 heavy (non-hydrogen) atoms. The molecular weight excluding hydrogens is 450 g/mol. The molecule has 174 valence electrons. The minimum atomic E-state index is -0.287. The first-order valence-corrected chi connectivity index (χ1v) is 11.7. The van der Waals surface area contributed by atoms with E-state index in [2.05, 4.69) is 29.0 Å². The summed E-state index contributed by atoms with van der Waals surface area (Å²) in [7, 11) is 0. The van der Waals surface area contributed by atoms with Crippen molar-refractivity contribution in [2.75, 3.05) is 0 Å². The Kier molecular flexibility index (Phi) is 5.20. The first-order chi connectivity index (χ1) is 17.6. The number of H-pyrrole nitrogens is 1. The fourth-order valence-electron chi connectivity index (χ4n) is 4.52. The van der Waals surface area contributed by atoms with Crippen molar-refractivity contribution < 1.29 is 4.74 Å². The van der Waals surface area contributed by atoms with Crippen molar-refractivity contribution in [3.05, 3.63) is 106 Å². The minimum absolute atomic E-state index is 0.137. The summed E-state index contributed by atoms with van der Waals surface area (Å²) in [5.74, 6) is 1.11. The van der Waals surface area contributed by atoms with Gasteiger partial charge in [0, 0.05) is 23.7 Å². The van der Waals surface area contributed by atoms with Crippen molar-refractivity contribution in [3.63, 3.8) is 0 Å². The van der Waals surface area contributed by atoms with Crippen molar-refractivity contribution in [1.82, 2.24) is 19.7 Å². The van der Waals surface area contributed by atoms with E-state index >= 15 is 0 Å². The van der Waals surface area contributed by atoms with E-state index in [-0.39, 0.29) is 23.1 Å². The van der Waals surface area contributed by atoms with Crippen LogP contribution in [-0.4, -0.2) is 25.9 Å². The van der Waals surface area contributed by atoms with Gasteiger partial charge in [-0.2, -0.15) is 10.4 Å². The first-order valence-electron chi connectivity index (χ1n) is 11.7. The van der Waals surface area contributed by atoms with Crippen LogP contribution < -0.4 is 10.3 Å². The number of allylic oxidation sites excluding steroid dienone is 1. The van der Waals surface area contributed by atoms with Gasteiger partial charge in [0.1, 0.15) is 23.6 Å². The number of rotatable bonds is 4. The molecule has 0 radical (unpaired) electrons. The highest BCUT2D eigenvalue weighted by molar-refractivity contribution is 5.91. The van der Waals surface area contributed by atoms with Crippen LogP contribution in [0.25, 0.3) is 39.5 Å². The summed E-state index contributed by atoms with van der Waals surface area (Å²) in [4.78, 5) is 19.9. The van der Waals surface area contributed by atoms with Crippen LogP contribution in [0.2, 0.25) is 0 Å². The first kappa shape index (κ1) is 21.6. The number of nitrogens with one attached hydrogen (secondary N) is 1. The Morgan fingerprint density at radius 1 is 1.14 bits per heavy atom. The summed E-state index contributed by atoms with van der Waals surface area (Å²) in [6.45, 7) is 2.05. The Hall–Kier alpha value is -4.96. The number of ether oxygens (including phenoxy) is 1. The van der Waals surface area contributed by atoms with E-state index < -0.39 is 0 Å². The van der Waals surface area contributed by atoms with E-state index in [1.54, 1.807) is 29.0 Å². The van der Waals surface area contributed by atoms with E-state index in [1.807, 2.05) is 54.7 Å². The van der Waals surface area contributed by atoms with Crippen LogP contribution in [0.4, 0.5) is 0 Å². The smallest absolute Gasteiger partial charge is 0.259 e. The number of benzene rings is 3. The quantitative estimate of drug-likeness (QED) is 0.365. The van der Waals surface area contributed by atoms with Gasteiger partial charge in [-0.05, 0) is 61.0 Å². The largest absolute Gasteiger partial charge is 0.490 e. The number of para-hydroxylation sites is 2. The summed E-state index contributed by atoms with van der Waals surface area (Å²) in [6, 6.07) is 25.1. The van der Waals surface area contributed by atoms with Gasteiger partial charge in [0.05, 0.1) is 22.2 Å². The summed E-state index contributed by atoms with van der Waals surface area (Å²) >= 11 is 0. The molecule has 3 aromatic carbocycles. The molecule has 0 fully saturated rings. The van der Waals surface area contributed by atoms with Gasteiger partial charge in [-0.1, -0.05) is 30.3 Å². The standard InChI is InChI=1S/C29H21N5O2/c1-18-13-20-14-19(11-12-26(20)36-18)27-22(17-34(33-27)23-7-3-2-4-8-23)15-21(16-30)28-31-25-10-6-5-9-24(25)29(35)32-28/h2-12,14-15,17-18H,13H2,1H3,(H,31,32,35)/b21-15+/t18-/m0/s1. The number of fused-ring (bicyclic) bond motifs is 2. The highest BCUT2D eigenvalue weighted by Crippen LogP contribution is 2.34. The average molecular weight is 472 g/mol. The van der Waals surface area contributed by atoms with Gasteiger partial charge in [-0.25, -0.2) is 9.67 Å². The van der Waals surface area contributed by atoms with Crippen LogP contribution >= 0.6 is 0 Å². The molecule has 0 spiro atoms. The number of aromatic nitrogens is 4. The molecule has 1 aliphatic rings. The van der Waals surface area contributed by atoms with E-state index in [9.17, 15) is 10.1 Å². The van der Waals surface area contributed by atoms with Crippen molar-refractivity contribution in [2.45, 2.75) is 19.4 Å². The van der Waals surface area contributed by atoms with Gasteiger partial charge in [0.2, 0.25) is 0 Å². The summed E-state index contributed by atoms with van der Waals surface area (Å²) < 4.78 is 7.66. The van der Waals surface area contributed by atoms with Crippen LogP contribution in [0.15, 0.2) is 83.8 Å². The zero-order valence-corrected chi connectivity index (χ0v) is 19.5. The number of nitriles is 1. The number of nitrogens with zero attached hydrogens (tertiary/aromatic N) is 4. The second-order valence-corrected chi connectivity index (χ2v) is 8.77. The molecule has 0 saturated heterocycles. The summed E-state index contributed by atoms with van der Waals surface area (Å²) in [6.07, 6.45) is 4.58. The van der Waals surface area contributed by atoms with Gasteiger partial charge in [-0.15, -0.1) is 0 Å². The van der Waals surface area contributed by atoms with Crippen molar-refractivity contribution in [3.8, 4) is 28.8 Å². The fourth-order valence-corrected chi connectivity index (χ4v) is 4.52. The average Bonchev–Trinajstić information content (AvgIpc) is 3.49. The molecule has 3 heterocycles. The molecule has 1 N–H and O–H groups in total. The van der Waals surface area contributed by atoms with E-state index in [0.717, 1.165) is 40.2 Å². The molecule has 7 heteroatoms. The minimum Gasteiger partial charge on any atom is -0.490 e. The van der Waals surface area contributed by atoms with Crippen LogP contribution in [0.3, 0.4) is 0 Å². The molecule has 0 unspecified atom stereocenters. The monoisotopic (exact) mass is 471 g/mol. The molecule has 0 saturated carbocycles. The van der Waals surface area contributed by atoms with E-state index in [4.69, 9.17) is 9.84 Å². The SMILES string of the molecule is C[C@H]1Cc2cc(-c3nn(-c4ccccc4)cc3/C=C(\C#N)c3nc4ccccc4c(=O)[nH]3)ccc2O1. The lowest BCUT2D eigenvalue weighted by Crippen LogP contribution is -2.11. The van der Waals surface area contributed by atoms with Crippen LogP contribution in [-0.2, 0) is 6.42 Å². The van der Waals surface area contributed by atoms with Gasteiger partial charge in [0.25, 0.3) is 5.56 Å². The predicted octanol–water partition coefficient (Wildman–Crippen LogP) is 5.16. The number of hydrogen-bond donors (Lipinski definition) is 1. The van der Waals surface area contributed by atoms with Crippen molar-refractivity contribution >= 4 is 22.6 Å². The highest BCUT2D eigenvalue weighted by Gasteiger charge is 2.21. The van der Waals surface area contributed by atoms with E-state index in [0.29, 0.717) is 10.9 Å². The van der Waals surface area contributed by atoms with Crippen LogP contribution in [0, 0.1) is 11.3 Å². The van der Waals surface area contributed by atoms with Gasteiger partial charge in [-0.3, -0.25) is 4.79 Å². The van der Waals surface area contributed by atoms with Crippen LogP contribution in [0.5, 0.6) is 5.75 Å². The predicted molar refractivity (Wildman–Crippen MR) is 139 cm³/mol. The van der Waals surface area contributed by atoms with E-state index in [1.165, 1.54) is 0 Å². The second kappa shape index (κ2) is 8.67. The van der Waals surface area contributed by atoms with Crippen LogP contribution in [0.1, 0.15) is 23.9 Å². The fraction of sp³-hybridized carbons (Fsp3) is 0.103. The highest BCUT2D eigenvalue weighted by atomic mass is 16.5. The van der Waals surface area contributed by atoms with Gasteiger partial charge in [0.15, 0.2) is 5.82 Å². The molecule has 2 aromatic heterocycles. The molecule has 7 nitrogen and oxygen atoms in total. The van der Waals surface area contributed by atoms with Crippen molar-refractivity contribution in [1.29, 1.82) is 5.26 Å². The third-order valence-electron chi connectivity index (χ3n) is 6.22. The lowest BCUT2D eigenvalue weighted by atomic mass is 10.0. The third-order valence-corrected chi connectivity index (χ3v) is 6.22. The molecule has 1 aliphatic heterocycles. The summed E-state index contributed by atoms with van der Waals surface area (Å²) in [5, 5.41) is 15.4. The zero-order valence-electron chi connectivity index (χ0n) is 19.5. The molecule has 1 atom stereocenters. The lowest BCUT2D eigenvalue weighted by molar-refractivity contribution is 0.254. The number of hydrogen-bond acceptors (Lipinski definition) is 5. The second-order valence-electron chi connectivity index (χ2n) is 8.77. The molecule has 6 rings (SSSR count). The summed E-state index contributed by atoms with van der Waals surface area (Å²) in [5.41, 5.74) is 4.89. The Balaban J connectivity index is 1.51. The molecule has 0 bridgehead atoms. The molecule has 0 aliphatic carbocycles. The molecule has 5 aromatic rings. The maximum absolute atomic E-state index is 12.6. The Morgan fingerprint density at radius 3 is 2.78 bits per heavy atom. The lowest BCUT2D eigenvalue weighted by Gasteiger charge is -2.05. The number of aromatic amines is 1. The molecular formula is C29H21N5O2.